The Bertz CT molecular complexity index is 1170. The smallest absolute Gasteiger partial charge is 0.437 e. The molecule has 0 aliphatic carbocycles. The molecule has 2 aromatic carbocycles. The third kappa shape index (κ3) is 8.51. The summed E-state index contributed by atoms with van der Waals surface area (Å²) in [5.41, 5.74) is 0.993. The molecule has 0 unspecified atom stereocenters. The molecule has 0 atom stereocenters. The van der Waals surface area contributed by atoms with Crippen LogP contribution in [0, 0.1) is 0 Å². The van der Waals surface area contributed by atoms with E-state index in [0.29, 0.717) is 42.6 Å². The van der Waals surface area contributed by atoms with Crippen LogP contribution < -0.4 is 10.1 Å². The van der Waals surface area contributed by atoms with Crippen LogP contribution in [0.25, 0.3) is 11.0 Å². The van der Waals surface area contributed by atoms with Crippen molar-refractivity contribution in [3.8, 4) is 5.75 Å². The Morgan fingerprint density at radius 1 is 1.08 bits per heavy atom. The maximum atomic E-state index is 13.1. The van der Waals surface area contributed by atoms with Crippen molar-refractivity contribution in [1.82, 2.24) is 10.5 Å². The molecule has 10 heteroatoms. The topological polar surface area (TPSA) is 102 Å². The summed E-state index contributed by atoms with van der Waals surface area (Å²) in [6.45, 7) is 6.44. The Kier molecular flexibility index (Phi) is 11.4. The molecule has 1 aromatic heterocycles. The number of alkyl halides is 3. The van der Waals surface area contributed by atoms with Crippen LogP contribution in [0.2, 0.25) is 0 Å². The van der Waals surface area contributed by atoms with Gasteiger partial charge in [0.1, 0.15) is 5.75 Å². The molecule has 0 saturated carbocycles. The lowest BCUT2D eigenvalue weighted by Gasteiger charge is -2.12. The molecular weight excluding hydrogens is 489 g/mol. The number of hydrogen-bond acceptors (Lipinski definition) is 5. The number of carboxylic acid groups (broad SMARTS) is 1. The summed E-state index contributed by atoms with van der Waals surface area (Å²) in [6, 6.07) is 9.85. The largest absolute Gasteiger partial charge is 0.493 e. The number of benzene rings is 2. The number of aromatic nitrogens is 1. The number of unbranched alkanes of at least 4 members (excludes halogenated alkanes) is 1. The monoisotopic (exact) mass is 522 g/mol. The number of carbonyl (C=O) groups excluding carboxylic acids is 1. The first kappa shape index (κ1) is 29.7. The molecule has 7 nitrogen and oxygen atoms in total. The first-order chi connectivity index (χ1) is 17.7. The molecule has 0 radical (unpaired) electrons. The highest BCUT2D eigenvalue weighted by molar-refractivity contribution is 5.85. The maximum absolute atomic E-state index is 13.1. The Labute approximate surface area is 214 Å². The lowest BCUT2D eigenvalue weighted by atomic mass is 10.0. The van der Waals surface area contributed by atoms with Gasteiger partial charge in [0, 0.05) is 18.5 Å². The summed E-state index contributed by atoms with van der Waals surface area (Å²) in [4.78, 5) is 23.1. The molecule has 2 N–H and O–H groups in total. The fourth-order valence-corrected chi connectivity index (χ4v) is 3.78. The van der Waals surface area contributed by atoms with Crippen LogP contribution >= 0.6 is 0 Å². The maximum Gasteiger partial charge on any atom is 0.437 e. The van der Waals surface area contributed by atoms with Crippen molar-refractivity contribution in [3.05, 3.63) is 58.8 Å². The van der Waals surface area contributed by atoms with E-state index in [4.69, 9.17) is 14.4 Å². The first-order valence-corrected chi connectivity index (χ1v) is 12.4. The van der Waals surface area contributed by atoms with E-state index in [1.165, 1.54) is 12.1 Å². The third-order valence-electron chi connectivity index (χ3n) is 5.46. The molecule has 37 heavy (non-hydrogen) atoms. The van der Waals surface area contributed by atoms with Crippen molar-refractivity contribution in [3.63, 3.8) is 0 Å². The number of aryl methyl sites for hydroxylation is 1. The molecule has 0 saturated heterocycles. The number of nitrogens with one attached hydrogen (secondary N) is 1. The second-order valence-electron chi connectivity index (χ2n) is 8.12. The van der Waals surface area contributed by atoms with E-state index >= 15 is 0 Å². The molecule has 1 heterocycles. The molecule has 0 aliphatic rings. The molecule has 1 amide bonds. The van der Waals surface area contributed by atoms with E-state index in [1.54, 1.807) is 24.3 Å². The Morgan fingerprint density at radius 2 is 1.78 bits per heavy atom. The number of fused-ring (bicyclic) bond motifs is 1. The van der Waals surface area contributed by atoms with Crippen molar-refractivity contribution in [1.29, 1.82) is 0 Å². The lowest BCUT2D eigenvalue weighted by molar-refractivity contribution is -0.141. The van der Waals surface area contributed by atoms with Crippen molar-refractivity contribution >= 4 is 22.8 Å². The third-order valence-corrected chi connectivity index (χ3v) is 5.46. The highest BCUT2D eigenvalue weighted by Gasteiger charge is 2.37. The van der Waals surface area contributed by atoms with Gasteiger partial charge in [-0.15, -0.1) is 0 Å². The highest BCUT2D eigenvalue weighted by Crippen LogP contribution is 2.38. The van der Waals surface area contributed by atoms with Crippen LogP contribution in [-0.2, 0) is 35.2 Å². The Hall–Kier alpha value is -3.56. The molecule has 202 valence electrons. The summed E-state index contributed by atoms with van der Waals surface area (Å²) in [6.07, 6.45) is -2.16. The lowest BCUT2D eigenvalue weighted by Crippen LogP contribution is -2.23. The second-order valence-corrected chi connectivity index (χ2v) is 8.12. The van der Waals surface area contributed by atoms with Gasteiger partial charge in [-0.25, -0.2) is 0 Å². The number of amides is 1. The van der Waals surface area contributed by atoms with Crippen LogP contribution in [0.15, 0.2) is 40.9 Å². The van der Waals surface area contributed by atoms with Crippen molar-refractivity contribution in [2.45, 2.75) is 72.0 Å². The SMILES string of the molecule is CC.CCCc1c(OCCCCC(=O)NCc2ccccc2CC(=O)O)ccc2c(C(F)(F)F)noc12. The van der Waals surface area contributed by atoms with E-state index < -0.39 is 17.8 Å². The zero-order chi connectivity index (χ0) is 27.4. The number of carboxylic acids is 1. The van der Waals surface area contributed by atoms with E-state index in [9.17, 15) is 22.8 Å². The summed E-state index contributed by atoms with van der Waals surface area (Å²) in [5, 5.41) is 14.9. The van der Waals surface area contributed by atoms with E-state index in [2.05, 4.69) is 10.5 Å². The predicted octanol–water partition coefficient (Wildman–Crippen LogP) is 6.32. The Balaban J connectivity index is 0.00000235. The van der Waals surface area contributed by atoms with E-state index in [1.807, 2.05) is 20.8 Å². The number of hydrogen-bond donors (Lipinski definition) is 2. The van der Waals surface area contributed by atoms with Gasteiger partial charge >= 0.3 is 12.1 Å². The average Bonchev–Trinajstić information content (AvgIpc) is 3.30. The molecule has 3 aromatic rings. The normalized spacial score (nSPS) is 11.1. The van der Waals surface area contributed by atoms with Gasteiger partial charge < -0.3 is 19.7 Å². The zero-order valence-electron chi connectivity index (χ0n) is 21.3. The van der Waals surface area contributed by atoms with Crippen LogP contribution in [0.1, 0.15) is 68.8 Å². The molecule has 3 rings (SSSR count). The quantitative estimate of drug-likeness (QED) is 0.270. The number of halogens is 3. The fraction of sp³-hybridized carbons (Fsp3) is 0.444. The van der Waals surface area contributed by atoms with Crippen molar-refractivity contribution in [2.24, 2.45) is 0 Å². The van der Waals surface area contributed by atoms with Gasteiger partial charge in [0.15, 0.2) is 11.3 Å². The van der Waals surface area contributed by atoms with Gasteiger partial charge in [0.2, 0.25) is 5.91 Å². The van der Waals surface area contributed by atoms with Gasteiger partial charge in [0.05, 0.1) is 18.4 Å². The minimum atomic E-state index is -4.60. The zero-order valence-corrected chi connectivity index (χ0v) is 21.3. The van der Waals surface area contributed by atoms with Gasteiger partial charge in [-0.3, -0.25) is 9.59 Å². The molecule has 0 fully saturated rings. The van der Waals surface area contributed by atoms with Crippen LogP contribution in [-0.4, -0.2) is 28.7 Å². The molecular formula is C27H33F3N2O5. The van der Waals surface area contributed by atoms with Crippen LogP contribution in [0.4, 0.5) is 13.2 Å². The number of carbonyl (C=O) groups is 2. The molecule has 0 spiro atoms. The van der Waals surface area contributed by atoms with Gasteiger partial charge in [-0.05, 0) is 42.5 Å². The molecule has 0 aliphatic heterocycles. The van der Waals surface area contributed by atoms with Crippen molar-refractivity contribution in [2.75, 3.05) is 6.61 Å². The Morgan fingerprint density at radius 3 is 2.43 bits per heavy atom. The fourth-order valence-electron chi connectivity index (χ4n) is 3.78. The minimum absolute atomic E-state index is 0.0826. The molecule has 0 bridgehead atoms. The average molecular weight is 523 g/mol. The summed E-state index contributed by atoms with van der Waals surface area (Å²) in [7, 11) is 0. The summed E-state index contributed by atoms with van der Waals surface area (Å²) in [5.74, 6) is -0.651. The van der Waals surface area contributed by atoms with Gasteiger partial charge in [-0.2, -0.15) is 13.2 Å². The van der Waals surface area contributed by atoms with E-state index in [0.717, 1.165) is 5.56 Å². The van der Waals surface area contributed by atoms with Crippen molar-refractivity contribution < 1.29 is 37.1 Å². The number of aliphatic carboxylic acids is 1. The van der Waals surface area contributed by atoms with Gasteiger partial charge in [0.25, 0.3) is 0 Å². The standard InChI is InChI=1S/C25H27F3N2O5.C2H6/c1-2-7-18-20(12-11-19-23(18)35-30-24(19)25(26,27)28)34-13-6-5-10-21(31)29-15-17-9-4-3-8-16(17)14-22(32)33;1-2/h3-4,8-9,11-12H,2,5-7,10,13-15H2,1H3,(H,29,31)(H,32,33);1-2H3. The first-order valence-electron chi connectivity index (χ1n) is 12.4. The second kappa shape index (κ2) is 14.2. The summed E-state index contributed by atoms with van der Waals surface area (Å²) < 4.78 is 50.2. The van der Waals surface area contributed by atoms with Gasteiger partial charge in [-0.1, -0.05) is 56.6 Å². The van der Waals surface area contributed by atoms with E-state index in [-0.39, 0.29) is 42.9 Å². The minimum Gasteiger partial charge on any atom is -0.493 e. The number of rotatable bonds is 12. The number of nitrogens with zero attached hydrogens (tertiary/aromatic N) is 1. The predicted molar refractivity (Wildman–Crippen MR) is 133 cm³/mol. The van der Waals surface area contributed by atoms with Crippen LogP contribution in [0.3, 0.4) is 0 Å². The number of ether oxygens (including phenoxy) is 1. The highest BCUT2D eigenvalue weighted by atomic mass is 19.4. The van der Waals surface area contributed by atoms with Crippen LogP contribution in [0.5, 0.6) is 5.75 Å². The summed E-state index contributed by atoms with van der Waals surface area (Å²) >= 11 is 0.